The van der Waals surface area contributed by atoms with Crippen LogP contribution in [0.5, 0.6) is 0 Å². The zero-order valence-electron chi connectivity index (χ0n) is 17.2. The molecule has 2 N–H and O–H groups in total. The van der Waals surface area contributed by atoms with Crippen LogP contribution in [0, 0.1) is 5.41 Å². The number of fused-ring (bicyclic) bond motifs is 2. The number of pyridine rings is 1. The molecule has 0 bridgehead atoms. The molecule has 1 saturated carbocycles. The summed E-state index contributed by atoms with van der Waals surface area (Å²) in [5.41, 5.74) is 6.01. The van der Waals surface area contributed by atoms with E-state index < -0.39 is 0 Å². The lowest BCUT2D eigenvalue weighted by Gasteiger charge is -2.34. The number of hydrogen-bond acceptors (Lipinski definition) is 3. The average Bonchev–Trinajstić information content (AvgIpc) is 3.20. The second-order valence-electron chi connectivity index (χ2n) is 9.12. The topological polar surface area (TPSA) is 53.6 Å². The van der Waals surface area contributed by atoms with Crippen molar-refractivity contribution in [3.63, 3.8) is 0 Å². The minimum Gasteiger partial charge on any atom is -0.345 e. The van der Waals surface area contributed by atoms with Crippen molar-refractivity contribution >= 4 is 21.8 Å². The highest BCUT2D eigenvalue weighted by atomic mass is 14.9. The summed E-state index contributed by atoms with van der Waals surface area (Å²) >= 11 is 0. The highest BCUT2D eigenvalue weighted by Gasteiger charge is 2.26. The Morgan fingerprint density at radius 2 is 1.83 bits per heavy atom. The molecule has 0 atom stereocenters. The maximum atomic E-state index is 4.88. The standard InChI is InChI=1S/C25H28N4/c1-25(2)11-9-18(10-12-25)26-15-24-20-6-4-3-5-19(20)21(14-27-24)17-7-8-22-23(13-17)29-16-28-22/h3-8,13-14,16,18,26H,9-12,15H2,1-2H3,(H,28,29). The summed E-state index contributed by atoms with van der Waals surface area (Å²) in [7, 11) is 0. The van der Waals surface area contributed by atoms with E-state index in [9.17, 15) is 0 Å². The SMILES string of the molecule is CC1(C)CCC(NCc2ncc(-c3ccc4nc[nH]c4c3)c3ccccc23)CC1. The van der Waals surface area contributed by atoms with Gasteiger partial charge in [0, 0.05) is 29.7 Å². The molecule has 0 radical (unpaired) electrons. The molecule has 29 heavy (non-hydrogen) atoms. The van der Waals surface area contributed by atoms with Gasteiger partial charge in [0.2, 0.25) is 0 Å². The molecule has 2 aromatic heterocycles. The average molecular weight is 385 g/mol. The van der Waals surface area contributed by atoms with E-state index in [4.69, 9.17) is 4.98 Å². The molecular weight excluding hydrogens is 356 g/mol. The summed E-state index contributed by atoms with van der Waals surface area (Å²) in [6.45, 7) is 5.60. The summed E-state index contributed by atoms with van der Waals surface area (Å²) in [5.74, 6) is 0. The molecule has 5 rings (SSSR count). The van der Waals surface area contributed by atoms with Crippen LogP contribution >= 0.6 is 0 Å². The van der Waals surface area contributed by atoms with Gasteiger partial charge in [0.05, 0.1) is 23.1 Å². The minimum absolute atomic E-state index is 0.501. The van der Waals surface area contributed by atoms with Gasteiger partial charge in [-0.05, 0) is 54.2 Å². The number of nitrogens with one attached hydrogen (secondary N) is 2. The summed E-state index contributed by atoms with van der Waals surface area (Å²) in [6.07, 6.45) is 8.88. The zero-order chi connectivity index (χ0) is 19.8. The maximum absolute atomic E-state index is 4.88. The minimum atomic E-state index is 0.501. The van der Waals surface area contributed by atoms with Crippen LogP contribution < -0.4 is 5.32 Å². The summed E-state index contributed by atoms with van der Waals surface area (Å²) in [4.78, 5) is 12.4. The highest BCUT2D eigenvalue weighted by molar-refractivity contribution is 5.98. The molecular formula is C25H28N4. The Balaban J connectivity index is 1.44. The van der Waals surface area contributed by atoms with Gasteiger partial charge in [-0.2, -0.15) is 0 Å². The van der Waals surface area contributed by atoms with Crippen LogP contribution in [-0.2, 0) is 6.54 Å². The molecule has 4 heteroatoms. The number of imidazole rings is 1. The first-order valence-corrected chi connectivity index (χ1v) is 10.6. The molecule has 148 valence electrons. The molecule has 1 aliphatic rings. The fourth-order valence-electron chi connectivity index (χ4n) is 4.57. The summed E-state index contributed by atoms with van der Waals surface area (Å²) in [5, 5.41) is 6.26. The van der Waals surface area contributed by atoms with Gasteiger partial charge in [-0.1, -0.05) is 44.2 Å². The van der Waals surface area contributed by atoms with Crippen LogP contribution in [-0.4, -0.2) is 21.0 Å². The van der Waals surface area contributed by atoms with E-state index in [-0.39, 0.29) is 0 Å². The summed E-state index contributed by atoms with van der Waals surface area (Å²) < 4.78 is 0. The van der Waals surface area contributed by atoms with E-state index in [0.29, 0.717) is 11.5 Å². The van der Waals surface area contributed by atoms with E-state index in [1.165, 1.54) is 47.6 Å². The van der Waals surface area contributed by atoms with Gasteiger partial charge in [0.15, 0.2) is 0 Å². The molecule has 0 saturated heterocycles. The highest BCUT2D eigenvalue weighted by Crippen LogP contribution is 2.35. The number of aromatic amines is 1. The fourth-order valence-corrected chi connectivity index (χ4v) is 4.57. The second kappa shape index (κ2) is 7.27. The number of hydrogen-bond donors (Lipinski definition) is 2. The molecule has 4 aromatic rings. The molecule has 1 fully saturated rings. The molecule has 0 spiro atoms. The molecule has 0 aliphatic heterocycles. The van der Waals surface area contributed by atoms with Crippen LogP contribution in [0.25, 0.3) is 32.9 Å². The van der Waals surface area contributed by atoms with Crippen molar-refractivity contribution in [2.24, 2.45) is 5.41 Å². The molecule has 0 amide bonds. The monoisotopic (exact) mass is 384 g/mol. The van der Waals surface area contributed by atoms with Gasteiger partial charge in [-0.3, -0.25) is 4.98 Å². The third-order valence-electron chi connectivity index (χ3n) is 6.51. The number of rotatable bonds is 4. The van der Waals surface area contributed by atoms with Gasteiger partial charge in [0.1, 0.15) is 0 Å². The smallest absolute Gasteiger partial charge is 0.0931 e. The number of H-pyrrole nitrogens is 1. The van der Waals surface area contributed by atoms with Crippen molar-refractivity contribution < 1.29 is 0 Å². The molecule has 2 aromatic carbocycles. The quantitative estimate of drug-likeness (QED) is 0.465. The van der Waals surface area contributed by atoms with Crippen molar-refractivity contribution in [1.29, 1.82) is 0 Å². The Labute approximate surface area is 171 Å². The number of nitrogens with zero attached hydrogens (tertiary/aromatic N) is 2. The van der Waals surface area contributed by atoms with Crippen LogP contribution in [0.15, 0.2) is 55.0 Å². The zero-order valence-corrected chi connectivity index (χ0v) is 17.2. The Hall–Kier alpha value is -2.72. The van der Waals surface area contributed by atoms with Crippen LogP contribution in [0.1, 0.15) is 45.2 Å². The first kappa shape index (κ1) is 18.3. The Morgan fingerprint density at radius 3 is 2.66 bits per heavy atom. The van der Waals surface area contributed by atoms with E-state index in [1.807, 2.05) is 6.20 Å². The molecule has 2 heterocycles. The summed E-state index contributed by atoms with van der Waals surface area (Å²) in [6, 6.07) is 15.6. The number of aromatic nitrogens is 3. The largest absolute Gasteiger partial charge is 0.345 e. The van der Waals surface area contributed by atoms with E-state index in [1.54, 1.807) is 6.33 Å². The van der Waals surface area contributed by atoms with E-state index in [2.05, 4.69) is 71.6 Å². The van der Waals surface area contributed by atoms with Crippen LogP contribution in [0.4, 0.5) is 0 Å². The number of benzene rings is 2. The fraction of sp³-hybridized carbons (Fsp3) is 0.360. The first-order chi connectivity index (χ1) is 14.1. The Kier molecular flexibility index (Phi) is 4.59. The van der Waals surface area contributed by atoms with Crippen LogP contribution in [0.3, 0.4) is 0 Å². The maximum Gasteiger partial charge on any atom is 0.0931 e. The van der Waals surface area contributed by atoms with Crippen molar-refractivity contribution in [2.75, 3.05) is 0 Å². The third-order valence-corrected chi connectivity index (χ3v) is 6.51. The van der Waals surface area contributed by atoms with Gasteiger partial charge in [0.25, 0.3) is 0 Å². The van der Waals surface area contributed by atoms with Crippen molar-refractivity contribution in [3.05, 3.63) is 60.7 Å². The lowest BCUT2D eigenvalue weighted by molar-refractivity contribution is 0.206. The van der Waals surface area contributed by atoms with Gasteiger partial charge in [-0.25, -0.2) is 4.98 Å². The lowest BCUT2D eigenvalue weighted by Crippen LogP contribution is -2.35. The molecule has 1 aliphatic carbocycles. The lowest BCUT2D eigenvalue weighted by atomic mass is 9.75. The second-order valence-corrected chi connectivity index (χ2v) is 9.12. The van der Waals surface area contributed by atoms with Gasteiger partial charge >= 0.3 is 0 Å². The Bertz CT molecular complexity index is 1150. The third kappa shape index (κ3) is 3.65. The first-order valence-electron chi connectivity index (χ1n) is 10.6. The molecule has 0 unspecified atom stereocenters. The predicted octanol–water partition coefficient (Wildman–Crippen LogP) is 5.84. The van der Waals surface area contributed by atoms with Crippen LogP contribution in [0.2, 0.25) is 0 Å². The van der Waals surface area contributed by atoms with Crippen molar-refractivity contribution in [3.8, 4) is 11.1 Å². The van der Waals surface area contributed by atoms with Gasteiger partial charge < -0.3 is 10.3 Å². The molecule has 4 nitrogen and oxygen atoms in total. The van der Waals surface area contributed by atoms with Gasteiger partial charge in [-0.15, -0.1) is 0 Å². The Morgan fingerprint density at radius 1 is 1.03 bits per heavy atom. The van der Waals surface area contributed by atoms with E-state index >= 15 is 0 Å². The normalized spacial score (nSPS) is 17.2. The van der Waals surface area contributed by atoms with Crippen molar-refractivity contribution in [2.45, 2.75) is 52.1 Å². The van der Waals surface area contributed by atoms with Crippen molar-refractivity contribution in [1.82, 2.24) is 20.3 Å². The van der Waals surface area contributed by atoms with E-state index in [0.717, 1.165) is 23.3 Å². The predicted molar refractivity (Wildman–Crippen MR) is 120 cm³/mol.